The molecule has 0 bridgehead atoms. The first-order valence-electron chi connectivity index (χ1n) is 7.32. The van der Waals surface area contributed by atoms with E-state index < -0.39 is 0 Å². The Bertz CT molecular complexity index is 303. The van der Waals surface area contributed by atoms with Crippen molar-refractivity contribution in [2.45, 2.75) is 59.3 Å². The molecule has 0 aliphatic rings. The van der Waals surface area contributed by atoms with Crippen LogP contribution in [0.25, 0.3) is 0 Å². The Labute approximate surface area is 113 Å². The predicted octanol–water partition coefficient (Wildman–Crippen LogP) is 5.45. The Hall–Kier alpha value is -0.980. The van der Waals surface area contributed by atoms with E-state index in [1.54, 1.807) is 0 Å². The van der Waals surface area contributed by atoms with Crippen LogP contribution in [0.15, 0.2) is 30.3 Å². The number of hydrogen-bond donors (Lipinski definition) is 0. The lowest BCUT2D eigenvalue weighted by Crippen LogP contribution is -2.11. The molecule has 0 N–H and O–H groups in total. The minimum atomic E-state index is 0.503. The maximum Gasteiger partial charge on any atom is 0.119 e. The average molecular weight is 248 g/mol. The standard InChI is InChI=1S/C17H28O/c1-4-5-13-17(2,3)14-9-10-15-18-16-11-7-6-8-12-16/h6-8,11-12H,4-5,9-10,13-15H2,1-3H3. The van der Waals surface area contributed by atoms with Crippen molar-refractivity contribution in [3.05, 3.63) is 30.3 Å². The van der Waals surface area contributed by atoms with Crippen molar-refractivity contribution in [2.24, 2.45) is 5.41 Å². The third-order valence-electron chi connectivity index (χ3n) is 3.47. The van der Waals surface area contributed by atoms with Crippen molar-refractivity contribution in [3.63, 3.8) is 0 Å². The number of unbranched alkanes of at least 4 members (excludes halogenated alkanes) is 2. The van der Waals surface area contributed by atoms with Crippen molar-refractivity contribution in [2.75, 3.05) is 6.61 Å². The van der Waals surface area contributed by atoms with E-state index in [0.29, 0.717) is 5.41 Å². The van der Waals surface area contributed by atoms with Gasteiger partial charge in [0.1, 0.15) is 5.75 Å². The molecule has 0 heterocycles. The first-order valence-corrected chi connectivity index (χ1v) is 7.32. The van der Waals surface area contributed by atoms with Crippen LogP contribution in [0, 0.1) is 5.41 Å². The molecule has 1 nitrogen and oxygen atoms in total. The molecule has 0 saturated heterocycles. The van der Waals surface area contributed by atoms with E-state index in [1.165, 1.54) is 32.1 Å². The number of benzene rings is 1. The van der Waals surface area contributed by atoms with Gasteiger partial charge in [0.15, 0.2) is 0 Å². The summed E-state index contributed by atoms with van der Waals surface area (Å²) in [7, 11) is 0. The molecule has 0 atom stereocenters. The van der Waals surface area contributed by atoms with Crippen LogP contribution in [-0.4, -0.2) is 6.61 Å². The molecule has 0 fully saturated rings. The van der Waals surface area contributed by atoms with Crippen LogP contribution >= 0.6 is 0 Å². The van der Waals surface area contributed by atoms with Crippen molar-refractivity contribution in [1.29, 1.82) is 0 Å². The number of para-hydroxylation sites is 1. The second-order valence-corrected chi connectivity index (χ2v) is 5.89. The van der Waals surface area contributed by atoms with Crippen LogP contribution < -0.4 is 4.74 Å². The van der Waals surface area contributed by atoms with E-state index in [0.717, 1.165) is 18.8 Å². The lowest BCUT2D eigenvalue weighted by molar-refractivity contribution is 0.259. The zero-order valence-corrected chi connectivity index (χ0v) is 12.2. The van der Waals surface area contributed by atoms with Crippen molar-refractivity contribution in [1.82, 2.24) is 0 Å². The Morgan fingerprint density at radius 2 is 1.61 bits per heavy atom. The van der Waals surface area contributed by atoms with Gasteiger partial charge in [0.25, 0.3) is 0 Å². The molecular formula is C17H28O. The van der Waals surface area contributed by atoms with Crippen LogP contribution in [0.1, 0.15) is 59.3 Å². The van der Waals surface area contributed by atoms with Gasteiger partial charge in [0.05, 0.1) is 6.61 Å². The van der Waals surface area contributed by atoms with Gasteiger partial charge in [-0.1, -0.05) is 51.8 Å². The average Bonchev–Trinajstić information content (AvgIpc) is 2.37. The molecule has 102 valence electrons. The van der Waals surface area contributed by atoms with Gasteiger partial charge >= 0.3 is 0 Å². The van der Waals surface area contributed by atoms with Gasteiger partial charge in [-0.3, -0.25) is 0 Å². The van der Waals surface area contributed by atoms with Gasteiger partial charge in [0, 0.05) is 0 Å². The molecule has 0 aliphatic heterocycles. The highest BCUT2D eigenvalue weighted by Gasteiger charge is 2.16. The molecule has 1 heteroatoms. The second kappa shape index (κ2) is 8.18. The number of ether oxygens (including phenoxy) is 1. The molecule has 1 rings (SSSR count). The Morgan fingerprint density at radius 3 is 2.28 bits per heavy atom. The van der Waals surface area contributed by atoms with Gasteiger partial charge in [-0.15, -0.1) is 0 Å². The molecule has 0 spiro atoms. The highest BCUT2D eigenvalue weighted by atomic mass is 16.5. The molecule has 0 aromatic heterocycles. The molecule has 18 heavy (non-hydrogen) atoms. The lowest BCUT2D eigenvalue weighted by Gasteiger charge is -2.24. The molecule has 0 amide bonds. The Morgan fingerprint density at radius 1 is 0.944 bits per heavy atom. The highest BCUT2D eigenvalue weighted by molar-refractivity contribution is 5.20. The minimum Gasteiger partial charge on any atom is -0.494 e. The largest absolute Gasteiger partial charge is 0.494 e. The van der Waals surface area contributed by atoms with Crippen molar-refractivity contribution in [3.8, 4) is 5.75 Å². The number of hydrogen-bond acceptors (Lipinski definition) is 1. The monoisotopic (exact) mass is 248 g/mol. The molecule has 0 unspecified atom stereocenters. The quantitative estimate of drug-likeness (QED) is 0.528. The first kappa shape index (κ1) is 15.1. The smallest absolute Gasteiger partial charge is 0.119 e. The lowest BCUT2D eigenvalue weighted by atomic mass is 9.82. The fourth-order valence-electron chi connectivity index (χ4n) is 2.19. The Kier molecular flexibility index (Phi) is 6.85. The zero-order chi connectivity index (χ0) is 13.3. The van der Waals surface area contributed by atoms with E-state index in [-0.39, 0.29) is 0 Å². The second-order valence-electron chi connectivity index (χ2n) is 5.89. The summed E-state index contributed by atoms with van der Waals surface area (Å²) < 4.78 is 5.70. The summed E-state index contributed by atoms with van der Waals surface area (Å²) in [5.74, 6) is 0.989. The van der Waals surface area contributed by atoms with E-state index in [2.05, 4.69) is 20.8 Å². The summed E-state index contributed by atoms with van der Waals surface area (Å²) in [6, 6.07) is 10.1. The van der Waals surface area contributed by atoms with Crippen LogP contribution in [0.4, 0.5) is 0 Å². The summed E-state index contributed by atoms with van der Waals surface area (Å²) in [5, 5.41) is 0. The molecular weight excluding hydrogens is 220 g/mol. The summed E-state index contributed by atoms with van der Waals surface area (Å²) in [6.07, 6.45) is 7.75. The van der Waals surface area contributed by atoms with Gasteiger partial charge in [0.2, 0.25) is 0 Å². The third-order valence-corrected chi connectivity index (χ3v) is 3.47. The van der Waals surface area contributed by atoms with Crippen molar-refractivity contribution < 1.29 is 4.74 Å². The minimum absolute atomic E-state index is 0.503. The number of rotatable bonds is 9. The van der Waals surface area contributed by atoms with E-state index in [4.69, 9.17) is 4.74 Å². The van der Waals surface area contributed by atoms with Gasteiger partial charge in [-0.05, 0) is 43.2 Å². The SMILES string of the molecule is CCCCC(C)(C)CCCCOc1ccccc1. The first-order chi connectivity index (χ1) is 8.64. The predicted molar refractivity (Wildman–Crippen MR) is 79.1 cm³/mol. The fourth-order valence-corrected chi connectivity index (χ4v) is 2.19. The fraction of sp³-hybridized carbons (Fsp3) is 0.647. The van der Waals surface area contributed by atoms with Gasteiger partial charge in [-0.2, -0.15) is 0 Å². The highest BCUT2D eigenvalue weighted by Crippen LogP contribution is 2.29. The molecule has 0 saturated carbocycles. The molecule has 0 radical (unpaired) electrons. The summed E-state index contributed by atoms with van der Waals surface area (Å²) in [6.45, 7) is 7.89. The van der Waals surface area contributed by atoms with Crippen molar-refractivity contribution >= 4 is 0 Å². The van der Waals surface area contributed by atoms with Gasteiger partial charge < -0.3 is 4.74 Å². The summed E-state index contributed by atoms with van der Waals surface area (Å²) >= 11 is 0. The molecule has 0 aliphatic carbocycles. The summed E-state index contributed by atoms with van der Waals surface area (Å²) in [4.78, 5) is 0. The van der Waals surface area contributed by atoms with Crippen LogP contribution in [-0.2, 0) is 0 Å². The van der Waals surface area contributed by atoms with E-state index >= 15 is 0 Å². The zero-order valence-electron chi connectivity index (χ0n) is 12.2. The van der Waals surface area contributed by atoms with E-state index in [1.807, 2.05) is 30.3 Å². The maximum absolute atomic E-state index is 5.70. The molecule has 1 aromatic carbocycles. The van der Waals surface area contributed by atoms with Gasteiger partial charge in [-0.25, -0.2) is 0 Å². The normalized spacial score (nSPS) is 11.5. The van der Waals surface area contributed by atoms with Crippen LogP contribution in [0.3, 0.4) is 0 Å². The van der Waals surface area contributed by atoms with Crippen LogP contribution in [0.5, 0.6) is 5.75 Å². The molecule has 1 aromatic rings. The Balaban J connectivity index is 2.08. The topological polar surface area (TPSA) is 9.23 Å². The van der Waals surface area contributed by atoms with E-state index in [9.17, 15) is 0 Å². The van der Waals surface area contributed by atoms with Crippen LogP contribution in [0.2, 0.25) is 0 Å². The third kappa shape index (κ3) is 6.68. The summed E-state index contributed by atoms with van der Waals surface area (Å²) in [5.41, 5.74) is 0.503. The maximum atomic E-state index is 5.70.